The molecule has 4 heteroatoms. The molecule has 0 heterocycles. The van der Waals surface area contributed by atoms with Crippen molar-refractivity contribution < 1.29 is 14.3 Å². The lowest BCUT2D eigenvalue weighted by molar-refractivity contribution is -0.144. The van der Waals surface area contributed by atoms with Gasteiger partial charge in [0.15, 0.2) is 0 Å². The number of hydrogen-bond acceptors (Lipinski definition) is 4. The highest BCUT2D eigenvalue weighted by atomic mass is 16.5. The Morgan fingerprint density at radius 1 is 1.09 bits per heavy atom. The van der Waals surface area contributed by atoms with E-state index < -0.39 is 0 Å². The maximum Gasteiger partial charge on any atom is 0.307 e. The van der Waals surface area contributed by atoms with E-state index in [1.165, 1.54) is 0 Å². The van der Waals surface area contributed by atoms with Gasteiger partial charge < -0.3 is 15.2 Å². The summed E-state index contributed by atoms with van der Waals surface area (Å²) in [4.78, 5) is 11.6. The van der Waals surface area contributed by atoms with Crippen molar-refractivity contribution in [3.8, 4) is 5.75 Å². The second-order valence-corrected chi connectivity index (χ2v) is 5.37. The van der Waals surface area contributed by atoms with Gasteiger partial charge in [-0.25, -0.2) is 0 Å². The van der Waals surface area contributed by atoms with E-state index in [-0.39, 0.29) is 18.4 Å². The van der Waals surface area contributed by atoms with Crippen molar-refractivity contribution in [2.75, 3.05) is 6.61 Å². The molecule has 2 aromatic carbocycles. The van der Waals surface area contributed by atoms with Crippen molar-refractivity contribution in [2.24, 2.45) is 5.73 Å². The number of hydrogen-bond donors (Lipinski definition) is 1. The minimum atomic E-state index is -0.359. The van der Waals surface area contributed by atoms with E-state index in [1.807, 2.05) is 61.5 Å². The minimum Gasteiger partial charge on any atom is -0.489 e. The third-order valence-electron chi connectivity index (χ3n) is 3.41. The molecule has 0 bridgehead atoms. The van der Waals surface area contributed by atoms with Crippen molar-refractivity contribution in [2.45, 2.75) is 32.4 Å². The van der Waals surface area contributed by atoms with Crippen molar-refractivity contribution in [1.82, 2.24) is 0 Å². The van der Waals surface area contributed by atoms with E-state index in [2.05, 4.69) is 0 Å². The van der Waals surface area contributed by atoms with Crippen LogP contribution in [0.25, 0.3) is 0 Å². The summed E-state index contributed by atoms with van der Waals surface area (Å²) in [6, 6.07) is 17.1. The largest absolute Gasteiger partial charge is 0.489 e. The highest BCUT2D eigenvalue weighted by molar-refractivity contribution is 5.70. The smallest absolute Gasteiger partial charge is 0.307 e. The third kappa shape index (κ3) is 5.75. The zero-order valence-electron chi connectivity index (χ0n) is 13.4. The van der Waals surface area contributed by atoms with Crippen molar-refractivity contribution in [3.05, 3.63) is 65.7 Å². The lowest BCUT2D eigenvalue weighted by Crippen LogP contribution is -2.17. The Morgan fingerprint density at radius 2 is 1.78 bits per heavy atom. The van der Waals surface area contributed by atoms with Crippen LogP contribution < -0.4 is 10.5 Å². The van der Waals surface area contributed by atoms with Crippen LogP contribution in [0.15, 0.2) is 54.6 Å². The first kappa shape index (κ1) is 17.0. The number of benzene rings is 2. The van der Waals surface area contributed by atoms with E-state index in [1.54, 1.807) is 0 Å². The highest BCUT2D eigenvalue weighted by Crippen LogP contribution is 2.19. The molecule has 0 aliphatic heterocycles. The first-order chi connectivity index (χ1) is 11.2. The van der Waals surface area contributed by atoms with Crippen LogP contribution in [0.5, 0.6) is 5.75 Å². The second-order valence-electron chi connectivity index (χ2n) is 5.37. The second kappa shape index (κ2) is 8.96. The summed E-state index contributed by atoms with van der Waals surface area (Å²) in [6.07, 6.45) is 0.999. The van der Waals surface area contributed by atoms with Crippen LogP contribution in [0.3, 0.4) is 0 Å². The fourth-order valence-corrected chi connectivity index (χ4v) is 2.12. The summed E-state index contributed by atoms with van der Waals surface area (Å²) < 4.78 is 10.8. The van der Waals surface area contributed by atoms with Gasteiger partial charge in [0.2, 0.25) is 0 Å². The van der Waals surface area contributed by atoms with Gasteiger partial charge in [-0.15, -0.1) is 0 Å². The molecule has 0 aromatic heterocycles. The van der Waals surface area contributed by atoms with Gasteiger partial charge in [-0.3, -0.25) is 4.79 Å². The molecular weight excluding hydrogens is 290 g/mol. The fourth-order valence-electron chi connectivity index (χ4n) is 2.12. The first-order valence-corrected chi connectivity index (χ1v) is 7.87. The summed E-state index contributed by atoms with van der Waals surface area (Å²) in [6.45, 7) is 2.93. The van der Waals surface area contributed by atoms with Crippen molar-refractivity contribution in [1.29, 1.82) is 0 Å². The van der Waals surface area contributed by atoms with E-state index in [4.69, 9.17) is 15.2 Å². The molecule has 2 N–H and O–H groups in total. The number of ether oxygens (including phenoxy) is 2. The number of carbonyl (C=O) groups excluding carboxylic acids is 1. The van der Waals surface area contributed by atoms with Gasteiger partial charge in [-0.1, -0.05) is 49.4 Å². The van der Waals surface area contributed by atoms with Crippen LogP contribution in [0, 0.1) is 0 Å². The molecule has 1 unspecified atom stereocenters. The van der Waals surface area contributed by atoms with Gasteiger partial charge in [-0.2, -0.15) is 0 Å². The predicted molar refractivity (Wildman–Crippen MR) is 90.0 cm³/mol. The molecule has 2 aromatic rings. The van der Waals surface area contributed by atoms with Crippen LogP contribution in [-0.4, -0.2) is 12.6 Å². The molecule has 0 fully saturated rings. The number of nitrogens with two attached hydrogens (primary N) is 1. The molecule has 122 valence electrons. The molecule has 0 amide bonds. The molecule has 0 saturated heterocycles. The number of carbonyl (C=O) groups is 1. The molecule has 0 radical (unpaired) electrons. The molecule has 1 atom stereocenters. The quantitative estimate of drug-likeness (QED) is 0.756. The normalized spacial score (nSPS) is 11.7. The zero-order chi connectivity index (χ0) is 16.5. The molecule has 0 spiro atoms. The van der Waals surface area contributed by atoms with Crippen molar-refractivity contribution in [3.63, 3.8) is 0 Å². The monoisotopic (exact) mass is 313 g/mol. The summed E-state index contributed by atoms with van der Waals surface area (Å²) >= 11 is 0. The first-order valence-electron chi connectivity index (χ1n) is 7.87. The van der Waals surface area contributed by atoms with Gasteiger partial charge in [0.1, 0.15) is 12.4 Å². The summed E-state index contributed by atoms with van der Waals surface area (Å²) in [5, 5.41) is 0. The Bertz CT molecular complexity index is 596. The Labute approximate surface area is 137 Å². The fraction of sp³-hybridized carbons (Fsp3) is 0.316. The molecular formula is C19H23NO3. The zero-order valence-corrected chi connectivity index (χ0v) is 13.4. The van der Waals surface area contributed by atoms with Gasteiger partial charge in [0.25, 0.3) is 0 Å². The van der Waals surface area contributed by atoms with Crippen molar-refractivity contribution >= 4 is 5.97 Å². The minimum absolute atomic E-state index is 0.185. The lowest BCUT2D eigenvalue weighted by Gasteiger charge is -2.12. The van der Waals surface area contributed by atoms with E-state index in [9.17, 15) is 4.79 Å². The maximum atomic E-state index is 11.6. The van der Waals surface area contributed by atoms with Gasteiger partial charge >= 0.3 is 5.97 Å². The average molecular weight is 313 g/mol. The average Bonchev–Trinajstić information content (AvgIpc) is 2.59. The summed E-state index contributed by atoms with van der Waals surface area (Å²) in [7, 11) is 0. The van der Waals surface area contributed by atoms with E-state index in [0.717, 1.165) is 23.3 Å². The molecule has 2 rings (SSSR count). The SMILES string of the molecule is CCCOC(=O)CC(N)c1ccc(OCc2ccccc2)cc1. The van der Waals surface area contributed by atoms with E-state index >= 15 is 0 Å². The van der Waals surface area contributed by atoms with Crippen LogP contribution in [0.2, 0.25) is 0 Å². The Morgan fingerprint density at radius 3 is 2.43 bits per heavy atom. The molecule has 23 heavy (non-hydrogen) atoms. The lowest BCUT2D eigenvalue weighted by atomic mass is 10.0. The van der Waals surface area contributed by atoms with Crippen LogP contribution in [0.1, 0.15) is 36.9 Å². The third-order valence-corrected chi connectivity index (χ3v) is 3.41. The van der Waals surface area contributed by atoms with Gasteiger partial charge in [-0.05, 0) is 29.7 Å². The molecule has 0 aliphatic rings. The summed E-state index contributed by atoms with van der Waals surface area (Å²) in [5.74, 6) is 0.516. The standard InChI is InChI=1S/C19H23NO3/c1-2-12-22-19(21)13-18(20)16-8-10-17(11-9-16)23-14-15-6-4-3-5-7-15/h3-11,18H,2,12-14,20H2,1H3. The molecule has 0 saturated carbocycles. The van der Waals surface area contributed by atoms with Gasteiger partial charge in [0.05, 0.1) is 13.0 Å². The Kier molecular flexibility index (Phi) is 6.63. The molecule has 4 nitrogen and oxygen atoms in total. The predicted octanol–water partition coefficient (Wildman–Crippen LogP) is 3.61. The Balaban J connectivity index is 1.85. The highest BCUT2D eigenvalue weighted by Gasteiger charge is 2.12. The van der Waals surface area contributed by atoms with E-state index in [0.29, 0.717) is 13.2 Å². The number of rotatable bonds is 8. The number of esters is 1. The van der Waals surface area contributed by atoms with Gasteiger partial charge in [0, 0.05) is 6.04 Å². The Hall–Kier alpha value is -2.33. The maximum absolute atomic E-state index is 11.6. The van der Waals surface area contributed by atoms with Crippen LogP contribution in [-0.2, 0) is 16.1 Å². The molecule has 0 aliphatic carbocycles. The van der Waals surface area contributed by atoms with Crippen LogP contribution in [0.4, 0.5) is 0 Å². The summed E-state index contributed by atoms with van der Waals surface area (Å²) in [5.41, 5.74) is 8.05. The topological polar surface area (TPSA) is 61.5 Å². The van der Waals surface area contributed by atoms with Crippen LogP contribution >= 0.6 is 0 Å².